The van der Waals surface area contributed by atoms with Gasteiger partial charge in [-0.2, -0.15) is 0 Å². The Kier molecular flexibility index (Phi) is 6.81. The first kappa shape index (κ1) is 21.2. The van der Waals surface area contributed by atoms with Crippen molar-refractivity contribution in [3.05, 3.63) is 52.6 Å². The first-order valence-corrected chi connectivity index (χ1v) is 10.1. The Bertz CT molecular complexity index is 966. The van der Waals surface area contributed by atoms with Gasteiger partial charge in [-0.1, -0.05) is 36.5 Å². The van der Waals surface area contributed by atoms with Crippen LogP contribution in [-0.2, 0) is 9.59 Å². The van der Waals surface area contributed by atoms with Gasteiger partial charge in [0.1, 0.15) is 27.5 Å². The molecule has 2 heterocycles. The van der Waals surface area contributed by atoms with E-state index in [0.717, 1.165) is 23.9 Å². The third-order valence-electron chi connectivity index (χ3n) is 4.26. The van der Waals surface area contributed by atoms with Gasteiger partial charge in [0.15, 0.2) is 0 Å². The molecule has 0 saturated carbocycles. The fourth-order valence-corrected chi connectivity index (χ4v) is 4.13. The number of carbonyl (C=O) groups excluding carboxylic acids is 1. The SMILES string of the molecule is O=C(O)CCCCCN1C(=O)C(=Cc2ccc(-c3c(F)cccc3F)o2)SC1=S. The highest BCUT2D eigenvalue weighted by atomic mass is 32.2. The molecule has 1 aromatic carbocycles. The molecule has 1 amide bonds. The van der Waals surface area contributed by atoms with E-state index >= 15 is 0 Å². The van der Waals surface area contributed by atoms with Gasteiger partial charge in [-0.05, 0) is 37.1 Å². The van der Waals surface area contributed by atoms with E-state index in [9.17, 15) is 18.4 Å². The molecule has 3 rings (SSSR count). The Morgan fingerprint density at radius 2 is 1.90 bits per heavy atom. The predicted octanol–water partition coefficient (Wildman–Crippen LogP) is 5.07. The quantitative estimate of drug-likeness (QED) is 0.353. The van der Waals surface area contributed by atoms with Gasteiger partial charge >= 0.3 is 5.97 Å². The van der Waals surface area contributed by atoms with Crippen molar-refractivity contribution in [3.8, 4) is 11.3 Å². The number of carbonyl (C=O) groups is 2. The Balaban J connectivity index is 1.67. The highest BCUT2D eigenvalue weighted by molar-refractivity contribution is 8.26. The third kappa shape index (κ3) is 5.10. The Hall–Kier alpha value is -2.52. The van der Waals surface area contributed by atoms with Crippen LogP contribution in [0.3, 0.4) is 0 Å². The van der Waals surface area contributed by atoms with Gasteiger partial charge in [-0.3, -0.25) is 14.5 Å². The number of benzene rings is 1. The van der Waals surface area contributed by atoms with E-state index in [1.807, 2.05) is 0 Å². The van der Waals surface area contributed by atoms with Crippen LogP contribution in [0.4, 0.5) is 8.78 Å². The van der Waals surface area contributed by atoms with E-state index in [1.165, 1.54) is 29.2 Å². The van der Waals surface area contributed by atoms with E-state index in [0.29, 0.717) is 35.0 Å². The van der Waals surface area contributed by atoms with Crippen molar-refractivity contribution < 1.29 is 27.9 Å². The van der Waals surface area contributed by atoms with E-state index < -0.39 is 17.6 Å². The van der Waals surface area contributed by atoms with Gasteiger partial charge < -0.3 is 9.52 Å². The summed E-state index contributed by atoms with van der Waals surface area (Å²) in [7, 11) is 0. The predicted molar refractivity (Wildman–Crippen MR) is 110 cm³/mol. The minimum absolute atomic E-state index is 0.0285. The number of amides is 1. The number of carboxylic acids is 1. The summed E-state index contributed by atoms with van der Waals surface area (Å²) in [6.45, 7) is 0.408. The average molecular weight is 437 g/mol. The van der Waals surface area contributed by atoms with Gasteiger partial charge in [0, 0.05) is 19.0 Å². The van der Waals surface area contributed by atoms with Crippen molar-refractivity contribution in [2.45, 2.75) is 25.7 Å². The first-order valence-electron chi connectivity index (χ1n) is 8.88. The largest absolute Gasteiger partial charge is 0.481 e. The monoisotopic (exact) mass is 437 g/mol. The molecule has 1 aliphatic heterocycles. The maximum Gasteiger partial charge on any atom is 0.303 e. The molecular weight excluding hydrogens is 420 g/mol. The highest BCUT2D eigenvalue weighted by Gasteiger charge is 2.31. The fraction of sp³-hybridized carbons (Fsp3) is 0.250. The molecule has 0 atom stereocenters. The molecule has 1 saturated heterocycles. The van der Waals surface area contributed by atoms with E-state index in [1.54, 1.807) is 0 Å². The lowest BCUT2D eigenvalue weighted by Gasteiger charge is -2.13. The molecule has 1 N–H and O–H groups in total. The average Bonchev–Trinajstić information content (AvgIpc) is 3.21. The highest BCUT2D eigenvalue weighted by Crippen LogP contribution is 2.34. The van der Waals surface area contributed by atoms with Gasteiger partial charge in [-0.25, -0.2) is 8.78 Å². The molecule has 9 heteroatoms. The molecule has 0 aliphatic carbocycles. The summed E-state index contributed by atoms with van der Waals surface area (Å²) in [5, 5.41) is 8.64. The normalized spacial score (nSPS) is 15.5. The zero-order valence-electron chi connectivity index (χ0n) is 15.2. The number of nitrogens with zero attached hydrogens (tertiary/aromatic N) is 1. The number of aliphatic carboxylic acids is 1. The van der Waals surface area contributed by atoms with Gasteiger partial charge in [0.2, 0.25) is 0 Å². The summed E-state index contributed by atoms with van der Waals surface area (Å²) in [6, 6.07) is 6.52. The van der Waals surface area contributed by atoms with Crippen LogP contribution in [-0.4, -0.2) is 32.7 Å². The Labute approximate surface area is 175 Å². The zero-order chi connectivity index (χ0) is 21.0. The molecule has 152 valence electrons. The number of halogens is 2. The van der Waals surface area contributed by atoms with Crippen molar-refractivity contribution in [1.29, 1.82) is 0 Å². The van der Waals surface area contributed by atoms with Crippen LogP contribution in [0.1, 0.15) is 31.4 Å². The zero-order valence-corrected chi connectivity index (χ0v) is 16.8. The molecular formula is C20H17F2NO4S2. The van der Waals surface area contributed by atoms with Crippen molar-refractivity contribution in [2.24, 2.45) is 0 Å². The summed E-state index contributed by atoms with van der Waals surface area (Å²) >= 11 is 6.37. The molecule has 1 aromatic heterocycles. The summed E-state index contributed by atoms with van der Waals surface area (Å²) < 4.78 is 33.7. The Morgan fingerprint density at radius 3 is 2.59 bits per heavy atom. The number of carboxylic acid groups (broad SMARTS) is 1. The molecule has 2 aromatic rings. The molecule has 1 aliphatic rings. The molecule has 0 bridgehead atoms. The number of thiocarbonyl (C=S) groups is 1. The van der Waals surface area contributed by atoms with Crippen molar-refractivity contribution in [3.63, 3.8) is 0 Å². The summed E-state index contributed by atoms with van der Waals surface area (Å²) in [4.78, 5) is 24.9. The van der Waals surface area contributed by atoms with Gasteiger partial charge in [0.25, 0.3) is 5.91 Å². The number of thioether (sulfide) groups is 1. The molecule has 0 unspecified atom stereocenters. The van der Waals surface area contributed by atoms with Crippen LogP contribution in [0.25, 0.3) is 17.4 Å². The summed E-state index contributed by atoms with van der Waals surface area (Å²) in [5.74, 6) is -2.27. The van der Waals surface area contributed by atoms with Crippen molar-refractivity contribution >= 4 is 46.3 Å². The lowest BCUT2D eigenvalue weighted by Crippen LogP contribution is -2.29. The maximum absolute atomic E-state index is 13.9. The minimum Gasteiger partial charge on any atom is -0.481 e. The van der Waals surface area contributed by atoms with Crippen molar-refractivity contribution in [2.75, 3.05) is 6.54 Å². The number of rotatable bonds is 8. The van der Waals surface area contributed by atoms with Gasteiger partial charge in [-0.15, -0.1) is 0 Å². The standard InChI is InChI=1S/C20H17F2NO4S2/c21-13-5-4-6-14(22)18(13)15-9-8-12(27-15)11-16-19(26)23(20(28)29-16)10-3-1-2-7-17(24)25/h4-6,8-9,11H,1-3,7,10H2,(H,24,25). The fourth-order valence-electron chi connectivity index (χ4n) is 2.84. The summed E-state index contributed by atoms with van der Waals surface area (Å²) in [5.41, 5.74) is -0.263. The summed E-state index contributed by atoms with van der Waals surface area (Å²) in [6.07, 6.45) is 3.46. The van der Waals surface area contributed by atoms with E-state index in [4.69, 9.17) is 21.7 Å². The number of unbranched alkanes of at least 4 members (excludes halogenated alkanes) is 2. The van der Waals surface area contributed by atoms with Crippen LogP contribution in [0.5, 0.6) is 0 Å². The smallest absolute Gasteiger partial charge is 0.303 e. The van der Waals surface area contributed by atoms with Crippen LogP contribution in [0.2, 0.25) is 0 Å². The van der Waals surface area contributed by atoms with Crippen molar-refractivity contribution in [1.82, 2.24) is 4.90 Å². The molecule has 29 heavy (non-hydrogen) atoms. The van der Waals surface area contributed by atoms with Crippen LogP contribution < -0.4 is 0 Å². The molecule has 0 radical (unpaired) electrons. The van der Waals surface area contributed by atoms with Crippen LogP contribution in [0, 0.1) is 11.6 Å². The van der Waals surface area contributed by atoms with E-state index in [2.05, 4.69) is 0 Å². The second kappa shape index (κ2) is 9.32. The number of hydrogen-bond donors (Lipinski definition) is 1. The van der Waals surface area contributed by atoms with Crippen LogP contribution >= 0.6 is 24.0 Å². The lowest BCUT2D eigenvalue weighted by molar-refractivity contribution is -0.137. The number of furan rings is 1. The molecule has 5 nitrogen and oxygen atoms in total. The van der Waals surface area contributed by atoms with E-state index in [-0.39, 0.29) is 29.4 Å². The maximum atomic E-state index is 13.9. The molecule has 1 fully saturated rings. The van der Waals surface area contributed by atoms with Crippen LogP contribution in [0.15, 0.2) is 39.7 Å². The third-order valence-corrected chi connectivity index (χ3v) is 5.63. The number of hydrogen-bond acceptors (Lipinski definition) is 5. The second-order valence-corrected chi connectivity index (χ2v) is 8.01. The van der Waals surface area contributed by atoms with Gasteiger partial charge in [0.05, 0.1) is 10.5 Å². The minimum atomic E-state index is -0.841. The molecule has 0 spiro atoms. The topological polar surface area (TPSA) is 70.8 Å². The lowest BCUT2D eigenvalue weighted by atomic mass is 10.1. The second-order valence-electron chi connectivity index (χ2n) is 6.34. The first-order chi connectivity index (χ1) is 13.9. The Morgan fingerprint density at radius 1 is 1.17 bits per heavy atom.